The van der Waals surface area contributed by atoms with Crippen LogP contribution in [0.25, 0.3) is 0 Å². The maximum absolute atomic E-state index is 12.1. The van der Waals surface area contributed by atoms with E-state index < -0.39 is 12.8 Å². The molecule has 0 spiro atoms. The van der Waals surface area contributed by atoms with Crippen LogP contribution in [0.5, 0.6) is 5.75 Å². The van der Waals surface area contributed by atoms with Crippen molar-refractivity contribution in [3.8, 4) is 5.75 Å². The lowest BCUT2D eigenvalue weighted by Gasteiger charge is -2.12. The Hall–Kier alpha value is -1.12. The van der Waals surface area contributed by atoms with Crippen LogP contribution in [0.3, 0.4) is 0 Å². The highest BCUT2D eigenvalue weighted by atomic mass is 35.5. The van der Waals surface area contributed by atoms with E-state index in [9.17, 15) is 18.0 Å². The molecule has 0 bridgehead atoms. The number of hydrogen-bond donors (Lipinski definition) is 2. The van der Waals surface area contributed by atoms with Crippen molar-refractivity contribution in [2.45, 2.75) is 12.2 Å². The standard InChI is InChI=1S/C12H13F3N2O2S.ClH/c13-12(14,15)6-19-9-3-1-2-8(4-9)17-11(18)10-5-20-7-16-10;/h1-4,10,16H,5-7H2,(H,17,18);1H. The van der Waals surface area contributed by atoms with Crippen LogP contribution >= 0.6 is 24.2 Å². The van der Waals surface area contributed by atoms with Gasteiger partial charge in [0.05, 0.1) is 6.04 Å². The van der Waals surface area contributed by atoms with E-state index in [1.54, 1.807) is 17.8 Å². The van der Waals surface area contributed by atoms with Gasteiger partial charge in [0.2, 0.25) is 5.91 Å². The molecule has 1 unspecified atom stereocenters. The van der Waals surface area contributed by atoms with E-state index in [2.05, 4.69) is 15.4 Å². The third kappa shape index (κ3) is 6.03. The van der Waals surface area contributed by atoms with Gasteiger partial charge in [-0.25, -0.2) is 0 Å². The minimum absolute atomic E-state index is 0. The SMILES string of the molecule is Cl.O=C(Nc1cccc(OCC(F)(F)F)c1)C1CSCN1. The minimum atomic E-state index is -4.38. The van der Waals surface area contributed by atoms with Gasteiger partial charge in [0.25, 0.3) is 0 Å². The number of carbonyl (C=O) groups is 1. The summed E-state index contributed by atoms with van der Waals surface area (Å²) >= 11 is 1.61. The molecule has 1 aliphatic rings. The van der Waals surface area contributed by atoms with Crippen LogP contribution in [0, 0.1) is 0 Å². The fourth-order valence-electron chi connectivity index (χ4n) is 1.62. The van der Waals surface area contributed by atoms with Crippen LogP contribution in [0.1, 0.15) is 0 Å². The summed E-state index contributed by atoms with van der Waals surface area (Å²) in [6.07, 6.45) is -4.38. The molecule has 1 aliphatic heterocycles. The first-order chi connectivity index (χ1) is 9.44. The minimum Gasteiger partial charge on any atom is -0.484 e. The molecule has 118 valence electrons. The van der Waals surface area contributed by atoms with Gasteiger partial charge in [-0.05, 0) is 12.1 Å². The van der Waals surface area contributed by atoms with Crippen molar-refractivity contribution in [3.63, 3.8) is 0 Å². The molecule has 0 aromatic heterocycles. The Bertz CT molecular complexity index is 482. The number of hydrogen-bond acceptors (Lipinski definition) is 4. The molecular weight excluding hydrogens is 329 g/mol. The molecule has 21 heavy (non-hydrogen) atoms. The van der Waals surface area contributed by atoms with Crippen molar-refractivity contribution in [1.29, 1.82) is 0 Å². The fourth-order valence-corrected chi connectivity index (χ4v) is 2.56. The molecular formula is C12H14ClF3N2O2S. The Morgan fingerprint density at radius 2 is 2.24 bits per heavy atom. The molecule has 4 nitrogen and oxygen atoms in total. The molecule has 1 aromatic carbocycles. The normalized spacial score (nSPS) is 18.0. The first-order valence-electron chi connectivity index (χ1n) is 5.86. The maximum atomic E-state index is 12.1. The van der Waals surface area contributed by atoms with Crippen molar-refractivity contribution in [2.24, 2.45) is 0 Å². The number of rotatable bonds is 4. The molecule has 1 atom stereocenters. The maximum Gasteiger partial charge on any atom is 0.422 e. The van der Waals surface area contributed by atoms with Crippen molar-refractivity contribution in [1.82, 2.24) is 5.32 Å². The summed E-state index contributed by atoms with van der Waals surface area (Å²) in [7, 11) is 0. The number of carbonyl (C=O) groups excluding carboxylic acids is 1. The molecule has 0 aliphatic carbocycles. The highest BCUT2D eigenvalue weighted by molar-refractivity contribution is 7.99. The number of ether oxygens (including phenoxy) is 1. The number of alkyl halides is 3. The summed E-state index contributed by atoms with van der Waals surface area (Å²) in [6.45, 7) is -1.36. The van der Waals surface area contributed by atoms with Crippen molar-refractivity contribution >= 4 is 35.8 Å². The van der Waals surface area contributed by atoms with Gasteiger partial charge in [0.1, 0.15) is 5.75 Å². The lowest BCUT2D eigenvalue weighted by Crippen LogP contribution is -2.37. The van der Waals surface area contributed by atoms with Gasteiger partial charge in [-0.3, -0.25) is 10.1 Å². The molecule has 1 fully saturated rings. The monoisotopic (exact) mass is 342 g/mol. The van der Waals surface area contributed by atoms with Crippen LogP contribution < -0.4 is 15.4 Å². The second-order valence-electron chi connectivity index (χ2n) is 4.19. The molecule has 1 saturated heterocycles. The average Bonchev–Trinajstić information content (AvgIpc) is 2.90. The Labute approximate surface area is 130 Å². The Morgan fingerprint density at radius 3 is 2.86 bits per heavy atom. The largest absolute Gasteiger partial charge is 0.484 e. The predicted molar refractivity (Wildman–Crippen MR) is 78.1 cm³/mol. The van der Waals surface area contributed by atoms with Crippen LogP contribution in [-0.2, 0) is 4.79 Å². The van der Waals surface area contributed by atoms with E-state index in [1.807, 2.05) is 0 Å². The number of nitrogens with one attached hydrogen (secondary N) is 2. The molecule has 9 heteroatoms. The van der Waals surface area contributed by atoms with Gasteiger partial charge < -0.3 is 10.1 Å². The third-order valence-electron chi connectivity index (χ3n) is 2.54. The quantitative estimate of drug-likeness (QED) is 0.883. The highest BCUT2D eigenvalue weighted by Gasteiger charge is 2.28. The van der Waals surface area contributed by atoms with Crippen LogP contribution in [0.4, 0.5) is 18.9 Å². The van der Waals surface area contributed by atoms with E-state index in [1.165, 1.54) is 18.2 Å². The number of amides is 1. The highest BCUT2D eigenvalue weighted by Crippen LogP contribution is 2.21. The Morgan fingerprint density at radius 1 is 1.48 bits per heavy atom. The summed E-state index contributed by atoms with van der Waals surface area (Å²) < 4.78 is 40.8. The zero-order chi connectivity index (χ0) is 14.6. The van der Waals surface area contributed by atoms with Crippen molar-refractivity contribution in [2.75, 3.05) is 23.6 Å². The van der Waals surface area contributed by atoms with Gasteiger partial charge in [-0.1, -0.05) is 6.07 Å². The van der Waals surface area contributed by atoms with Crippen LogP contribution in [0.15, 0.2) is 24.3 Å². The molecule has 1 amide bonds. The zero-order valence-electron chi connectivity index (χ0n) is 10.8. The summed E-state index contributed by atoms with van der Waals surface area (Å²) in [6, 6.07) is 5.62. The van der Waals surface area contributed by atoms with Crippen LogP contribution in [-0.4, -0.2) is 36.4 Å². The zero-order valence-corrected chi connectivity index (χ0v) is 12.4. The Kier molecular flexibility index (Phi) is 6.63. The molecule has 1 aromatic rings. The molecule has 1 heterocycles. The topological polar surface area (TPSA) is 50.4 Å². The van der Waals surface area contributed by atoms with Gasteiger partial charge in [-0.15, -0.1) is 24.2 Å². The summed E-state index contributed by atoms with van der Waals surface area (Å²) in [4.78, 5) is 11.8. The number of thioether (sulfide) groups is 1. The van der Waals surface area contributed by atoms with E-state index in [4.69, 9.17) is 0 Å². The molecule has 2 N–H and O–H groups in total. The first kappa shape index (κ1) is 17.9. The number of anilines is 1. The van der Waals surface area contributed by atoms with Gasteiger partial charge in [-0.2, -0.15) is 13.2 Å². The predicted octanol–water partition coefficient (Wildman–Crippen LogP) is 2.65. The van der Waals surface area contributed by atoms with E-state index in [0.717, 1.165) is 0 Å². The molecule has 2 rings (SSSR count). The number of benzene rings is 1. The molecule has 0 saturated carbocycles. The number of halogens is 4. The fraction of sp³-hybridized carbons (Fsp3) is 0.417. The lowest BCUT2D eigenvalue weighted by atomic mass is 10.2. The summed E-state index contributed by atoms with van der Waals surface area (Å²) in [5.74, 6) is 1.25. The van der Waals surface area contributed by atoms with Gasteiger partial charge in [0, 0.05) is 23.4 Å². The lowest BCUT2D eigenvalue weighted by molar-refractivity contribution is -0.153. The smallest absolute Gasteiger partial charge is 0.422 e. The van der Waals surface area contributed by atoms with E-state index in [-0.39, 0.29) is 30.1 Å². The van der Waals surface area contributed by atoms with E-state index in [0.29, 0.717) is 17.3 Å². The summed E-state index contributed by atoms with van der Waals surface area (Å²) in [5.41, 5.74) is 0.411. The van der Waals surface area contributed by atoms with Crippen molar-refractivity contribution < 1.29 is 22.7 Å². The van der Waals surface area contributed by atoms with Crippen molar-refractivity contribution in [3.05, 3.63) is 24.3 Å². The van der Waals surface area contributed by atoms with E-state index >= 15 is 0 Å². The van der Waals surface area contributed by atoms with Gasteiger partial charge in [0.15, 0.2) is 6.61 Å². The van der Waals surface area contributed by atoms with Gasteiger partial charge >= 0.3 is 6.18 Å². The van der Waals surface area contributed by atoms with Crippen LogP contribution in [0.2, 0.25) is 0 Å². The second-order valence-corrected chi connectivity index (χ2v) is 5.22. The molecule has 0 radical (unpaired) electrons. The second kappa shape index (κ2) is 7.77. The summed E-state index contributed by atoms with van der Waals surface area (Å²) in [5, 5.41) is 5.65. The first-order valence-corrected chi connectivity index (χ1v) is 7.01. The third-order valence-corrected chi connectivity index (χ3v) is 3.48. The Balaban J connectivity index is 0.00000220. The average molecular weight is 343 g/mol.